The van der Waals surface area contributed by atoms with Gasteiger partial charge in [0.15, 0.2) is 0 Å². The number of hydrogen-bond acceptors (Lipinski definition) is 5. The smallest absolute Gasteiger partial charge is 0.244 e. The molecular weight excluding hydrogens is 585 g/mol. The van der Waals surface area contributed by atoms with Gasteiger partial charge in [0, 0.05) is 28.7 Å². The van der Waals surface area contributed by atoms with Gasteiger partial charge in [0.1, 0.15) is 24.9 Å². The maximum Gasteiger partial charge on any atom is 0.244 e. The Morgan fingerprint density at radius 2 is 1.56 bits per heavy atom. The van der Waals surface area contributed by atoms with Gasteiger partial charge in [0.2, 0.25) is 21.8 Å². The molecule has 41 heavy (non-hydrogen) atoms. The maximum atomic E-state index is 13.8. The standard InChI is InChI=1S/C30H35Cl2N3O5S/c1-4-18-33-30(37)28(5-2)34(19-25-26(31)12-9-13-27(25)32)29(36)20-35(41(3,38)39)23-14-16-24(17-15-23)40-21-22-10-7-6-8-11-22/h6-17,28H,4-5,18-21H2,1-3H3,(H,33,37)/t28-/m0/s1. The molecule has 11 heteroatoms. The third kappa shape index (κ3) is 9.11. The number of hydrogen-bond donors (Lipinski definition) is 1. The number of rotatable bonds is 14. The van der Waals surface area contributed by atoms with E-state index in [4.69, 9.17) is 27.9 Å². The van der Waals surface area contributed by atoms with Gasteiger partial charge in [-0.2, -0.15) is 0 Å². The van der Waals surface area contributed by atoms with Crippen LogP contribution in [0.3, 0.4) is 0 Å². The fraction of sp³-hybridized carbons (Fsp3) is 0.333. The van der Waals surface area contributed by atoms with Crippen LogP contribution in [0.4, 0.5) is 5.69 Å². The summed E-state index contributed by atoms with van der Waals surface area (Å²) in [4.78, 5) is 28.3. The van der Waals surface area contributed by atoms with Crippen LogP contribution in [-0.2, 0) is 32.8 Å². The number of benzene rings is 3. The van der Waals surface area contributed by atoms with Crippen LogP contribution >= 0.6 is 23.2 Å². The number of amides is 2. The number of ether oxygens (including phenoxy) is 1. The first-order valence-corrected chi connectivity index (χ1v) is 15.9. The predicted octanol–water partition coefficient (Wildman–Crippen LogP) is 5.67. The summed E-state index contributed by atoms with van der Waals surface area (Å²) in [6, 6.07) is 20.2. The van der Waals surface area contributed by atoms with Crippen LogP contribution in [0.2, 0.25) is 10.0 Å². The van der Waals surface area contributed by atoms with Crippen molar-refractivity contribution in [2.75, 3.05) is 23.7 Å². The van der Waals surface area contributed by atoms with Crippen LogP contribution in [-0.4, -0.2) is 50.5 Å². The Kier molecular flexibility index (Phi) is 11.9. The van der Waals surface area contributed by atoms with Gasteiger partial charge in [-0.1, -0.05) is 73.4 Å². The lowest BCUT2D eigenvalue weighted by Crippen LogP contribution is -2.52. The second-order valence-corrected chi connectivity index (χ2v) is 12.2. The average Bonchev–Trinajstić information content (AvgIpc) is 2.95. The molecule has 0 unspecified atom stereocenters. The number of nitrogens with one attached hydrogen (secondary N) is 1. The first kappa shape index (κ1) is 32.2. The maximum absolute atomic E-state index is 13.8. The molecule has 0 spiro atoms. The van der Waals surface area contributed by atoms with Crippen molar-refractivity contribution in [3.8, 4) is 5.75 Å². The van der Waals surface area contributed by atoms with Gasteiger partial charge >= 0.3 is 0 Å². The molecule has 3 aromatic rings. The van der Waals surface area contributed by atoms with Crippen molar-refractivity contribution < 1.29 is 22.7 Å². The lowest BCUT2D eigenvalue weighted by molar-refractivity contribution is -0.140. The summed E-state index contributed by atoms with van der Waals surface area (Å²) < 4.78 is 32.6. The molecule has 0 heterocycles. The van der Waals surface area contributed by atoms with E-state index in [1.807, 2.05) is 37.3 Å². The van der Waals surface area contributed by atoms with Crippen molar-refractivity contribution in [2.45, 2.75) is 45.9 Å². The van der Waals surface area contributed by atoms with Crippen LogP contribution in [0.5, 0.6) is 5.75 Å². The largest absolute Gasteiger partial charge is 0.489 e. The minimum absolute atomic E-state index is 0.0702. The number of anilines is 1. The minimum Gasteiger partial charge on any atom is -0.489 e. The van der Waals surface area contributed by atoms with E-state index >= 15 is 0 Å². The zero-order valence-electron chi connectivity index (χ0n) is 23.3. The number of carbonyl (C=O) groups is 2. The monoisotopic (exact) mass is 619 g/mol. The highest BCUT2D eigenvalue weighted by atomic mass is 35.5. The Hall–Kier alpha value is -3.27. The zero-order chi connectivity index (χ0) is 30.0. The molecule has 8 nitrogen and oxygen atoms in total. The van der Waals surface area contributed by atoms with Gasteiger partial charge in [0.25, 0.3) is 0 Å². The normalized spacial score (nSPS) is 11.9. The Bertz CT molecular complexity index is 1400. The summed E-state index contributed by atoms with van der Waals surface area (Å²) in [5, 5.41) is 3.51. The SMILES string of the molecule is CCCNC(=O)[C@H](CC)N(Cc1c(Cl)cccc1Cl)C(=O)CN(c1ccc(OCc2ccccc2)cc1)S(C)(=O)=O. The number of sulfonamides is 1. The topological polar surface area (TPSA) is 96.0 Å². The van der Waals surface area contributed by atoms with Crippen molar-refractivity contribution >= 4 is 50.7 Å². The average molecular weight is 621 g/mol. The van der Waals surface area contributed by atoms with Gasteiger partial charge in [-0.05, 0) is 54.8 Å². The first-order chi connectivity index (χ1) is 19.5. The first-order valence-electron chi connectivity index (χ1n) is 13.3. The van der Waals surface area contributed by atoms with E-state index in [9.17, 15) is 18.0 Å². The Morgan fingerprint density at radius 1 is 0.927 bits per heavy atom. The summed E-state index contributed by atoms with van der Waals surface area (Å²) >= 11 is 12.8. The third-order valence-corrected chi connectivity index (χ3v) is 8.23. The van der Waals surface area contributed by atoms with E-state index in [0.717, 1.165) is 22.5 Å². The molecule has 0 radical (unpaired) electrons. The van der Waals surface area contributed by atoms with Crippen molar-refractivity contribution in [3.63, 3.8) is 0 Å². The quantitative estimate of drug-likeness (QED) is 0.251. The van der Waals surface area contributed by atoms with Crippen molar-refractivity contribution in [3.05, 3.63) is 94.0 Å². The summed E-state index contributed by atoms with van der Waals surface area (Å²) in [5.74, 6) is -0.364. The van der Waals surface area contributed by atoms with E-state index in [1.165, 1.54) is 4.90 Å². The minimum atomic E-state index is -3.88. The fourth-order valence-corrected chi connectivity index (χ4v) is 5.57. The van der Waals surface area contributed by atoms with E-state index in [2.05, 4.69) is 5.32 Å². The van der Waals surface area contributed by atoms with Crippen molar-refractivity contribution in [2.24, 2.45) is 0 Å². The molecule has 0 fully saturated rings. The molecule has 2 amide bonds. The zero-order valence-corrected chi connectivity index (χ0v) is 25.7. The van der Waals surface area contributed by atoms with Crippen LogP contribution in [0.15, 0.2) is 72.8 Å². The van der Waals surface area contributed by atoms with E-state index < -0.39 is 28.5 Å². The van der Waals surface area contributed by atoms with E-state index in [1.54, 1.807) is 49.4 Å². The molecule has 0 aliphatic carbocycles. The van der Waals surface area contributed by atoms with E-state index in [0.29, 0.717) is 40.9 Å². The summed E-state index contributed by atoms with van der Waals surface area (Å²) in [6.07, 6.45) is 2.05. The molecule has 0 aromatic heterocycles. The lowest BCUT2D eigenvalue weighted by atomic mass is 10.1. The second-order valence-electron chi connectivity index (χ2n) is 9.47. The third-order valence-electron chi connectivity index (χ3n) is 6.38. The Labute approximate surface area is 252 Å². The molecule has 220 valence electrons. The van der Waals surface area contributed by atoms with Crippen LogP contribution < -0.4 is 14.4 Å². The van der Waals surface area contributed by atoms with Gasteiger partial charge in [-0.15, -0.1) is 0 Å². The van der Waals surface area contributed by atoms with Crippen LogP contribution in [0, 0.1) is 0 Å². The van der Waals surface area contributed by atoms with E-state index in [-0.39, 0.29) is 18.1 Å². The highest BCUT2D eigenvalue weighted by Gasteiger charge is 2.32. The van der Waals surface area contributed by atoms with Crippen LogP contribution in [0.25, 0.3) is 0 Å². The van der Waals surface area contributed by atoms with Gasteiger partial charge in [0.05, 0.1) is 11.9 Å². The van der Waals surface area contributed by atoms with Crippen LogP contribution in [0.1, 0.15) is 37.8 Å². The number of halogens is 2. The van der Waals surface area contributed by atoms with Gasteiger partial charge in [-0.3, -0.25) is 13.9 Å². The van der Waals surface area contributed by atoms with Gasteiger partial charge < -0.3 is 15.0 Å². The molecular formula is C30H35Cl2N3O5S. The van der Waals surface area contributed by atoms with Crippen molar-refractivity contribution in [1.82, 2.24) is 10.2 Å². The molecule has 0 aliphatic heterocycles. The molecule has 0 aliphatic rings. The summed E-state index contributed by atoms with van der Waals surface area (Å²) in [7, 11) is -3.88. The van der Waals surface area contributed by atoms with Gasteiger partial charge in [-0.25, -0.2) is 8.42 Å². The molecule has 3 rings (SSSR count). The second kappa shape index (κ2) is 15.1. The molecule has 1 atom stereocenters. The summed E-state index contributed by atoms with van der Waals surface area (Å²) in [6.45, 7) is 3.91. The predicted molar refractivity (Wildman–Crippen MR) is 164 cm³/mol. The number of nitrogens with zero attached hydrogens (tertiary/aromatic N) is 2. The molecule has 0 bridgehead atoms. The Morgan fingerprint density at radius 3 is 2.12 bits per heavy atom. The fourth-order valence-electron chi connectivity index (χ4n) is 4.20. The molecule has 3 aromatic carbocycles. The molecule has 0 saturated heterocycles. The highest BCUT2D eigenvalue weighted by Crippen LogP contribution is 2.28. The molecule has 1 N–H and O–H groups in total. The summed E-state index contributed by atoms with van der Waals surface area (Å²) in [5.41, 5.74) is 1.75. The van der Waals surface area contributed by atoms with Crippen molar-refractivity contribution in [1.29, 1.82) is 0 Å². The Balaban J connectivity index is 1.88. The highest BCUT2D eigenvalue weighted by molar-refractivity contribution is 7.92. The molecule has 0 saturated carbocycles. The lowest BCUT2D eigenvalue weighted by Gasteiger charge is -2.33. The number of carbonyl (C=O) groups excluding carboxylic acids is 2.